The van der Waals surface area contributed by atoms with E-state index in [-0.39, 0.29) is 0 Å². The summed E-state index contributed by atoms with van der Waals surface area (Å²) >= 11 is 0. The number of nitrogens with one attached hydrogen (secondary N) is 2. The molecule has 2 rings (SSSR count). The van der Waals surface area contributed by atoms with Gasteiger partial charge in [-0.1, -0.05) is 0 Å². The van der Waals surface area contributed by atoms with Gasteiger partial charge in [-0.3, -0.25) is 4.68 Å². The molecule has 0 atom stereocenters. The first-order chi connectivity index (χ1) is 9.17. The average molecular weight is 261 g/mol. The Balaban J connectivity index is 1.91. The molecule has 0 fully saturated rings. The van der Waals surface area contributed by atoms with Crippen molar-refractivity contribution in [2.75, 3.05) is 23.7 Å². The lowest BCUT2D eigenvalue weighted by Gasteiger charge is -2.08. The first-order valence-electron chi connectivity index (χ1n) is 6.35. The molecular weight excluding hydrogens is 242 g/mol. The minimum Gasteiger partial charge on any atom is -0.370 e. The number of anilines is 2. The van der Waals surface area contributed by atoms with Gasteiger partial charge in [0.15, 0.2) is 5.82 Å². The van der Waals surface area contributed by atoms with Gasteiger partial charge in [0.2, 0.25) is 0 Å². The lowest BCUT2D eigenvalue weighted by molar-refractivity contribution is 0.741. The van der Waals surface area contributed by atoms with Crippen molar-refractivity contribution in [1.29, 1.82) is 0 Å². The van der Waals surface area contributed by atoms with Crippen molar-refractivity contribution in [3.63, 3.8) is 0 Å². The standard InChI is InChI=1S/C12H19N7/c1-4-13-11-7-12(17-9(2)16-11)14-6-5-10-15-8-19(3)18-10/h7-8H,4-6H2,1-3H3,(H2,13,14,16,17). The summed E-state index contributed by atoms with van der Waals surface area (Å²) in [6, 6.07) is 1.91. The van der Waals surface area contributed by atoms with Crippen LogP contribution in [0.4, 0.5) is 11.6 Å². The molecule has 2 aromatic rings. The van der Waals surface area contributed by atoms with Gasteiger partial charge in [0, 0.05) is 32.6 Å². The number of rotatable bonds is 6. The lowest BCUT2D eigenvalue weighted by atomic mass is 10.4. The van der Waals surface area contributed by atoms with Crippen LogP contribution in [-0.4, -0.2) is 37.8 Å². The number of hydrogen-bond acceptors (Lipinski definition) is 6. The Morgan fingerprint density at radius 3 is 2.58 bits per heavy atom. The average Bonchev–Trinajstić information content (AvgIpc) is 2.75. The Hall–Kier alpha value is -2.18. The van der Waals surface area contributed by atoms with Gasteiger partial charge < -0.3 is 10.6 Å². The fourth-order valence-corrected chi connectivity index (χ4v) is 1.73. The van der Waals surface area contributed by atoms with Crippen LogP contribution in [-0.2, 0) is 13.5 Å². The van der Waals surface area contributed by atoms with Crippen LogP contribution < -0.4 is 10.6 Å². The third-order valence-electron chi connectivity index (χ3n) is 2.50. The van der Waals surface area contributed by atoms with Crippen LogP contribution in [0.3, 0.4) is 0 Å². The molecule has 0 saturated carbocycles. The van der Waals surface area contributed by atoms with Gasteiger partial charge in [-0.15, -0.1) is 0 Å². The summed E-state index contributed by atoms with van der Waals surface area (Å²) in [7, 11) is 1.86. The van der Waals surface area contributed by atoms with Crippen molar-refractivity contribution in [3.05, 3.63) is 24.0 Å². The van der Waals surface area contributed by atoms with E-state index in [9.17, 15) is 0 Å². The van der Waals surface area contributed by atoms with Crippen LogP contribution in [0.15, 0.2) is 12.4 Å². The second kappa shape index (κ2) is 6.12. The summed E-state index contributed by atoms with van der Waals surface area (Å²) in [5.41, 5.74) is 0. The predicted octanol–water partition coefficient (Wildman–Crippen LogP) is 1.000. The fraction of sp³-hybridized carbons (Fsp3) is 0.500. The largest absolute Gasteiger partial charge is 0.370 e. The molecule has 19 heavy (non-hydrogen) atoms. The predicted molar refractivity (Wildman–Crippen MR) is 74.1 cm³/mol. The fourth-order valence-electron chi connectivity index (χ4n) is 1.73. The maximum absolute atomic E-state index is 4.34. The summed E-state index contributed by atoms with van der Waals surface area (Å²) in [5, 5.41) is 10.7. The number of aromatic nitrogens is 5. The molecule has 0 bridgehead atoms. The van der Waals surface area contributed by atoms with E-state index in [1.165, 1.54) is 0 Å². The normalized spacial score (nSPS) is 10.5. The maximum Gasteiger partial charge on any atom is 0.152 e. The van der Waals surface area contributed by atoms with Gasteiger partial charge in [0.25, 0.3) is 0 Å². The molecule has 2 aromatic heterocycles. The minimum absolute atomic E-state index is 0.742. The summed E-state index contributed by atoms with van der Waals surface area (Å²) in [5.74, 6) is 3.23. The number of nitrogens with zero attached hydrogens (tertiary/aromatic N) is 5. The van der Waals surface area contributed by atoms with Crippen molar-refractivity contribution in [2.45, 2.75) is 20.3 Å². The van der Waals surface area contributed by atoms with E-state index in [4.69, 9.17) is 0 Å². The van der Waals surface area contributed by atoms with Gasteiger partial charge in [0.05, 0.1) is 0 Å². The molecular formula is C12H19N7. The van der Waals surface area contributed by atoms with Crippen molar-refractivity contribution < 1.29 is 0 Å². The van der Waals surface area contributed by atoms with E-state index < -0.39 is 0 Å². The monoisotopic (exact) mass is 261 g/mol. The van der Waals surface area contributed by atoms with Gasteiger partial charge in [-0.25, -0.2) is 15.0 Å². The Bertz CT molecular complexity index is 535. The smallest absolute Gasteiger partial charge is 0.152 e. The molecule has 0 spiro atoms. The van der Waals surface area contributed by atoms with E-state index in [1.807, 2.05) is 27.0 Å². The van der Waals surface area contributed by atoms with E-state index in [1.54, 1.807) is 11.0 Å². The van der Waals surface area contributed by atoms with Crippen LogP contribution in [0.25, 0.3) is 0 Å². The highest BCUT2D eigenvalue weighted by Crippen LogP contribution is 2.10. The highest BCUT2D eigenvalue weighted by Gasteiger charge is 2.02. The first kappa shape index (κ1) is 13.3. The van der Waals surface area contributed by atoms with Crippen molar-refractivity contribution in [1.82, 2.24) is 24.7 Å². The SMILES string of the molecule is CCNc1cc(NCCc2ncn(C)n2)nc(C)n1. The molecule has 2 N–H and O–H groups in total. The molecule has 0 aromatic carbocycles. The van der Waals surface area contributed by atoms with Crippen LogP contribution >= 0.6 is 0 Å². The van der Waals surface area contributed by atoms with Crippen molar-refractivity contribution >= 4 is 11.6 Å². The highest BCUT2D eigenvalue weighted by atomic mass is 15.3. The zero-order chi connectivity index (χ0) is 13.7. The third-order valence-corrected chi connectivity index (χ3v) is 2.50. The van der Waals surface area contributed by atoms with Crippen molar-refractivity contribution in [3.8, 4) is 0 Å². The van der Waals surface area contributed by atoms with Gasteiger partial charge in [-0.2, -0.15) is 5.10 Å². The zero-order valence-corrected chi connectivity index (χ0v) is 11.5. The molecule has 2 heterocycles. The number of hydrogen-bond donors (Lipinski definition) is 2. The summed E-state index contributed by atoms with van der Waals surface area (Å²) in [4.78, 5) is 12.8. The summed E-state index contributed by atoms with van der Waals surface area (Å²) in [6.45, 7) is 5.50. The molecule has 0 aliphatic rings. The molecule has 0 amide bonds. The van der Waals surface area contributed by atoms with Gasteiger partial charge >= 0.3 is 0 Å². The Morgan fingerprint density at radius 2 is 1.95 bits per heavy atom. The maximum atomic E-state index is 4.34. The van der Waals surface area contributed by atoms with Gasteiger partial charge in [-0.05, 0) is 13.8 Å². The van der Waals surface area contributed by atoms with E-state index >= 15 is 0 Å². The number of aryl methyl sites for hydroxylation is 2. The van der Waals surface area contributed by atoms with Crippen molar-refractivity contribution in [2.24, 2.45) is 7.05 Å². The van der Waals surface area contributed by atoms with Crippen LogP contribution in [0, 0.1) is 6.92 Å². The zero-order valence-electron chi connectivity index (χ0n) is 11.5. The van der Waals surface area contributed by atoms with E-state index in [0.29, 0.717) is 0 Å². The molecule has 0 radical (unpaired) electrons. The van der Waals surface area contributed by atoms with Crippen LogP contribution in [0.1, 0.15) is 18.6 Å². The molecule has 7 heteroatoms. The summed E-state index contributed by atoms with van der Waals surface area (Å²) in [6.07, 6.45) is 2.47. The van der Waals surface area contributed by atoms with Crippen LogP contribution in [0.2, 0.25) is 0 Å². The Morgan fingerprint density at radius 1 is 1.21 bits per heavy atom. The third kappa shape index (κ3) is 3.90. The summed E-state index contributed by atoms with van der Waals surface area (Å²) < 4.78 is 1.70. The molecule has 0 aliphatic carbocycles. The molecule has 102 valence electrons. The molecule has 7 nitrogen and oxygen atoms in total. The van der Waals surface area contributed by atoms with Gasteiger partial charge in [0.1, 0.15) is 23.8 Å². The first-order valence-corrected chi connectivity index (χ1v) is 6.35. The lowest BCUT2D eigenvalue weighted by Crippen LogP contribution is -2.10. The Labute approximate surface area is 112 Å². The topological polar surface area (TPSA) is 80.5 Å². The highest BCUT2D eigenvalue weighted by molar-refractivity contribution is 5.47. The van der Waals surface area contributed by atoms with E-state index in [0.717, 1.165) is 42.8 Å². The second-order valence-electron chi connectivity index (χ2n) is 4.23. The molecule has 0 saturated heterocycles. The quantitative estimate of drug-likeness (QED) is 0.807. The van der Waals surface area contributed by atoms with E-state index in [2.05, 4.69) is 30.7 Å². The van der Waals surface area contributed by atoms with Crippen LogP contribution in [0.5, 0.6) is 0 Å². The Kier molecular flexibility index (Phi) is 4.27. The second-order valence-corrected chi connectivity index (χ2v) is 4.23. The minimum atomic E-state index is 0.742. The molecule has 0 unspecified atom stereocenters. The molecule has 0 aliphatic heterocycles.